The summed E-state index contributed by atoms with van der Waals surface area (Å²) in [6.45, 7) is 9.17. The first kappa shape index (κ1) is 10.4. The summed E-state index contributed by atoms with van der Waals surface area (Å²) in [5, 5.41) is 0. The molecule has 0 bridgehead atoms. The van der Waals surface area contributed by atoms with Crippen molar-refractivity contribution in [3.05, 3.63) is 0 Å². The Bertz CT molecular complexity index is 81.2. The van der Waals surface area contributed by atoms with E-state index in [9.17, 15) is 0 Å². The molecule has 0 saturated carbocycles. The summed E-state index contributed by atoms with van der Waals surface area (Å²) in [5.74, 6) is 0. The van der Waals surface area contributed by atoms with Gasteiger partial charge in [0, 0.05) is 0 Å². The quantitative estimate of drug-likeness (QED) is 0.554. The molecule has 2 atom stereocenters. The highest BCUT2D eigenvalue weighted by molar-refractivity contribution is 7.17. The first-order valence-electron chi connectivity index (χ1n) is 4.21. The van der Waals surface area contributed by atoms with E-state index in [-0.39, 0.29) is 0 Å². The van der Waals surface area contributed by atoms with Gasteiger partial charge in [0.25, 0.3) is 0 Å². The van der Waals surface area contributed by atoms with Gasteiger partial charge in [0.05, 0.1) is 0 Å². The Morgan fingerprint density at radius 1 is 1.30 bits per heavy atom. The molecule has 0 radical (unpaired) electrons. The van der Waals surface area contributed by atoms with Crippen LogP contribution in [-0.2, 0) is 0 Å². The summed E-state index contributed by atoms with van der Waals surface area (Å²) in [6.07, 6.45) is 3.98. The fourth-order valence-electron chi connectivity index (χ4n) is 1.26. The number of hydrogen-bond acceptors (Lipinski definition) is 0. The molecule has 0 heterocycles. The van der Waals surface area contributed by atoms with Gasteiger partial charge in [-0.2, -0.15) is 0 Å². The highest BCUT2D eigenvalue weighted by Gasteiger charge is 2.13. The Hall–Kier alpha value is 0.430. The molecule has 0 rings (SSSR count). The van der Waals surface area contributed by atoms with Gasteiger partial charge >= 0.3 is 0 Å². The standard InChI is InChI=1S/C9H21P/c1-5-6-8(10)7-9(2,3)4/h8H,5-7,10H2,1-4H3. The van der Waals surface area contributed by atoms with Gasteiger partial charge in [-0.25, -0.2) is 0 Å². The molecule has 0 N–H and O–H groups in total. The molecule has 0 amide bonds. The van der Waals surface area contributed by atoms with Gasteiger partial charge < -0.3 is 0 Å². The van der Waals surface area contributed by atoms with Crippen molar-refractivity contribution in [3.8, 4) is 0 Å². The third kappa shape index (κ3) is 6.55. The van der Waals surface area contributed by atoms with Crippen molar-refractivity contribution in [2.24, 2.45) is 5.41 Å². The van der Waals surface area contributed by atoms with E-state index in [0.717, 1.165) is 5.66 Å². The van der Waals surface area contributed by atoms with Crippen LogP contribution in [0.2, 0.25) is 0 Å². The van der Waals surface area contributed by atoms with Crippen molar-refractivity contribution in [1.29, 1.82) is 0 Å². The molecule has 0 aliphatic rings. The predicted octanol–water partition coefficient (Wildman–Crippen LogP) is 3.47. The van der Waals surface area contributed by atoms with Gasteiger partial charge in [0.1, 0.15) is 0 Å². The zero-order chi connectivity index (χ0) is 8.20. The molecular formula is C9H21P. The van der Waals surface area contributed by atoms with E-state index in [1.54, 1.807) is 0 Å². The van der Waals surface area contributed by atoms with Crippen LogP contribution in [0, 0.1) is 5.41 Å². The average Bonchev–Trinajstić information content (AvgIpc) is 1.59. The van der Waals surface area contributed by atoms with Crippen LogP contribution in [-0.4, -0.2) is 5.66 Å². The molecule has 0 aromatic rings. The normalized spacial score (nSPS) is 15.3. The van der Waals surface area contributed by atoms with Crippen molar-refractivity contribution in [2.75, 3.05) is 0 Å². The van der Waals surface area contributed by atoms with Gasteiger partial charge in [0.15, 0.2) is 0 Å². The Balaban J connectivity index is 3.47. The van der Waals surface area contributed by atoms with Crippen LogP contribution in [0.3, 0.4) is 0 Å². The van der Waals surface area contributed by atoms with E-state index >= 15 is 0 Å². The van der Waals surface area contributed by atoms with Crippen molar-refractivity contribution in [1.82, 2.24) is 0 Å². The Kier molecular flexibility index (Phi) is 4.52. The van der Waals surface area contributed by atoms with Crippen LogP contribution in [0.5, 0.6) is 0 Å². The molecule has 0 aromatic carbocycles. The smallest absolute Gasteiger partial charge is 0.0259 e. The fourth-order valence-corrected chi connectivity index (χ4v) is 2.30. The zero-order valence-electron chi connectivity index (χ0n) is 7.78. The second-order valence-corrected chi connectivity index (χ2v) is 5.26. The third-order valence-corrected chi connectivity index (χ3v) is 2.10. The minimum atomic E-state index is 0.502. The van der Waals surface area contributed by atoms with Crippen LogP contribution < -0.4 is 0 Å². The summed E-state index contributed by atoms with van der Waals surface area (Å²) in [5.41, 5.74) is 1.33. The van der Waals surface area contributed by atoms with Crippen molar-refractivity contribution >= 4 is 9.24 Å². The van der Waals surface area contributed by atoms with Crippen LogP contribution in [0.1, 0.15) is 47.0 Å². The molecule has 10 heavy (non-hydrogen) atoms. The van der Waals surface area contributed by atoms with Crippen LogP contribution in [0.15, 0.2) is 0 Å². The van der Waals surface area contributed by atoms with Crippen LogP contribution in [0.25, 0.3) is 0 Å². The molecule has 0 spiro atoms. The molecule has 0 aromatic heterocycles. The summed E-state index contributed by atoms with van der Waals surface area (Å²) < 4.78 is 0. The second-order valence-electron chi connectivity index (χ2n) is 4.31. The predicted molar refractivity (Wildman–Crippen MR) is 52.5 cm³/mol. The molecule has 0 nitrogen and oxygen atoms in total. The maximum Gasteiger partial charge on any atom is -0.0259 e. The Labute approximate surface area is 68.0 Å². The maximum atomic E-state index is 2.94. The second kappa shape index (κ2) is 4.34. The summed E-state index contributed by atoms with van der Waals surface area (Å²) in [4.78, 5) is 0. The molecule has 0 fully saturated rings. The minimum absolute atomic E-state index is 0.502. The Morgan fingerprint density at radius 2 is 1.80 bits per heavy atom. The molecule has 0 aliphatic carbocycles. The lowest BCUT2D eigenvalue weighted by Gasteiger charge is -2.22. The van der Waals surface area contributed by atoms with Crippen molar-refractivity contribution < 1.29 is 0 Å². The van der Waals surface area contributed by atoms with Gasteiger partial charge in [-0.15, -0.1) is 9.24 Å². The van der Waals surface area contributed by atoms with Crippen LogP contribution >= 0.6 is 9.24 Å². The van der Waals surface area contributed by atoms with Crippen LogP contribution in [0.4, 0.5) is 0 Å². The van der Waals surface area contributed by atoms with E-state index in [1.165, 1.54) is 19.3 Å². The van der Waals surface area contributed by atoms with Gasteiger partial charge in [-0.1, -0.05) is 34.1 Å². The molecule has 2 unspecified atom stereocenters. The van der Waals surface area contributed by atoms with E-state index in [2.05, 4.69) is 36.9 Å². The third-order valence-electron chi connectivity index (χ3n) is 1.53. The van der Waals surface area contributed by atoms with Crippen molar-refractivity contribution in [2.45, 2.75) is 52.6 Å². The van der Waals surface area contributed by atoms with Gasteiger partial charge in [0.2, 0.25) is 0 Å². The Morgan fingerprint density at radius 3 is 2.10 bits per heavy atom. The van der Waals surface area contributed by atoms with Crippen molar-refractivity contribution in [3.63, 3.8) is 0 Å². The first-order chi connectivity index (χ1) is 4.45. The molecule has 0 saturated heterocycles. The highest BCUT2D eigenvalue weighted by Crippen LogP contribution is 2.26. The lowest BCUT2D eigenvalue weighted by atomic mass is 9.89. The topological polar surface area (TPSA) is 0 Å². The zero-order valence-corrected chi connectivity index (χ0v) is 8.93. The van der Waals surface area contributed by atoms with E-state index in [0.29, 0.717) is 5.41 Å². The number of hydrogen-bond donors (Lipinski definition) is 0. The highest BCUT2D eigenvalue weighted by atomic mass is 31.0. The number of rotatable bonds is 3. The first-order valence-corrected chi connectivity index (χ1v) is 4.88. The van der Waals surface area contributed by atoms with E-state index in [4.69, 9.17) is 0 Å². The fraction of sp³-hybridized carbons (Fsp3) is 1.00. The van der Waals surface area contributed by atoms with E-state index in [1.807, 2.05) is 0 Å². The van der Waals surface area contributed by atoms with E-state index < -0.39 is 0 Å². The SMILES string of the molecule is CCCC(P)CC(C)(C)C. The molecule has 1 heteroatoms. The summed E-state index contributed by atoms with van der Waals surface area (Å²) in [7, 11) is 2.94. The van der Waals surface area contributed by atoms with Gasteiger partial charge in [-0.05, 0) is 23.9 Å². The minimum Gasteiger partial charge on any atom is -0.134 e. The molecule has 62 valence electrons. The summed E-state index contributed by atoms with van der Waals surface area (Å²) in [6, 6.07) is 0. The molecule has 0 aliphatic heterocycles. The maximum absolute atomic E-state index is 2.94. The summed E-state index contributed by atoms with van der Waals surface area (Å²) >= 11 is 0. The largest absolute Gasteiger partial charge is 0.134 e. The monoisotopic (exact) mass is 160 g/mol. The lowest BCUT2D eigenvalue weighted by Crippen LogP contribution is -2.12. The average molecular weight is 160 g/mol. The lowest BCUT2D eigenvalue weighted by molar-refractivity contribution is 0.365. The van der Waals surface area contributed by atoms with Gasteiger partial charge in [-0.3, -0.25) is 0 Å². The molecular weight excluding hydrogens is 139 g/mol.